The van der Waals surface area contributed by atoms with E-state index in [-0.39, 0.29) is 0 Å². The van der Waals surface area contributed by atoms with Crippen molar-refractivity contribution in [3.05, 3.63) is 12.4 Å². The van der Waals surface area contributed by atoms with Crippen molar-refractivity contribution in [3.8, 4) is 0 Å². The van der Waals surface area contributed by atoms with Crippen LogP contribution >= 0.6 is 7.26 Å². The van der Waals surface area contributed by atoms with E-state index < -0.39 is 7.26 Å². The minimum atomic E-state index is -1.07. The molecule has 0 amide bonds. The Kier molecular flexibility index (Phi) is 9.51. The van der Waals surface area contributed by atoms with Gasteiger partial charge in [0.15, 0.2) is 0 Å². The predicted molar refractivity (Wildman–Crippen MR) is 77.8 cm³/mol. The van der Waals surface area contributed by atoms with Crippen molar-refractivity contribution in [1.82, 2.24) is 0 Å². The zero-order valence-electron chi connectivity index (χ0n) is 11.1. The summed E-state index contributed by atoms with van der Waals surface area (Å²) < 4.78 is 0. The molecule has 0 nitrogen and oxygen atoms in total. The quantitative estimate of drug-likeness (QED) is 0.448. The predicted octanol–water partition coefficient (Wildman–Crippen LogP) is 5.28. The Morgan fingerprint density at radius 1 is 0.800 bits per heavy atom. The van der Waals surface area contributed by atoms with Crippen LogP contribution in [0.1, 0.15) is 59.3 Å². The normalized spacial score (nSPS) is 12.7. The molecule has 0 bridgehead atoms. The third-order valence-corrected chi connectivity index (χ3v) is 8.43. The average Bonchev–Trinajstić information content (AvgIpc) is 2.29. The maximum absolute atomic E-state index is 4.15. The Hall–Kier alpha value is 0.170. The molecule has 92 valence electrons. The first-order valence-electron chi connectivity index (χ1n) is 6.88. The fourth-order valence-electron chi connectivity index (χ4n) is 2.27. The average molecular weight is 230 g/mol. The molecule has 0 radical (unpaired) electrons. The number of hydrogen-bond donors (Lipinski definition) is 0. The van der Waals surface area contributed by atoms with Gasteiger partial charge in [0.1, 0.15) is 0 Å². The van der Waals surface area contributed by atoms with E-state index in [9.17, 15) is 0 Å². The van der Waals surface area contributed by atoms with Gasteiger partial charge in [-0.15, -0.1) is 0 Å². The van der Waals surface area contributed by atoms with E-state index in [0.717, 1.165) is 0 Å². The van der Waals surface area contributed by atoms with E-state index >= 15 is 0 Å². The van der Waals surface area contributed by atoms with Crippen molar-refractivity contribution in [2.45, 2.75) is 59.3 Å². The topological polar surface area (TPSA) is 0 Å². The van der Waals surface area contributed by atoms with E-state index in [2.05, 4.69) is 33.2 Å². The van der Waals surface area contributed by atoms with E-state index in [1.165, 1.54) is 57.0 Å². The van der Waals surface area contributed by atoms with Crippen LogP contribution in [-0.2, 0) is 0 Å². The summed E-state index contributed by atoms with van der Waals surface area (Å²) in [6.45, 7) is 11.1. The Labute approximate surface area is 97.9 Å². The monoisotopic (exact) mass is 230 g/mol. The molecule has 0 rings (SSSR count). The van der Waals surface area contributed by atoms with E-state index in [4.69, 9.17) is 0 Å². The summed E-state index contributed by atoms with van der Waals surface area (Å²) in [6.07, 6.45) is 12.8. The van der Waals surface area contributed by atoms with Crippen molar-refractivity contribution in [2.75, 3.05) is 18.5 Å². The molecule has 0 aliphatic carbocycles. The van der Waals surface area contributed by atoms with Crippen LogP contribution in [0, 0.1) is 0 Å². The van der Waals surface area contributed by atoms with Gasteiger partial charge in [-0.3, -0.25) is 0 Å². The van der Waals surface area contributed by atoms with Crippen molar-refractivity contribution in [2.24, 2.45) is 0 Å². The molecule has 0 aliphatic rings. The molecule has 0 saturated carbocycles. The van der Waals surface area contributed by atoms with Crippen molar-refractivity contribution in [3.63, 3.8) is 0 Å². The van der Waals surface area contributed by atoms with Gasteiger partial charge in [0.2, 0.25) is 0 Å². The van der Waals surface area contributed by atoms with Crippen LogP contribution in [0.4, 0.5) is 0 Å². The first-order valence-corrected chi connectivity index (χ1v) is 9.58. The molecular weight excluding hydrogens is 199 g/mol. The number of hydrogen-bond acceptors (Lipinski definition) is 0. The minimum absolute atomic E-state index is 1.07. The second-order valence-corrected chi connectivity index (χ2v) is 9.51. The molecule has 15 heavy (non-hydrogen) atoms. The molecule has 0 atom stereocenters. The Bertz CT molecular complexity index is 130. The van der Waals surface area contributed by atoms with Crippen LogP contribution in [-0.4, -0.2) is 18.5 Å². The van der Waals surface area contributed by atoms with E-state index in [1.807, 2.05) is 0 Å². The van der Waals surface area contributed by atoms with E-state index in [0.29, 0.717) is 0 Å². The molecule has 1 heteroatoms. The third kappa shape index (κ3) is 6.36. The zero-order valence-corrected chi connectivity index (χ0v) is 12.1. The van der Waals surface area contributed by atoms with Gasteiger partial charge in [-0.25, -0.2) is 0 Å². The first-order chi connectivity index (χ1) is 7.24. The van der Waals surface area contributed by atoms with E-state index in [1.54, 1.807) is 0 Å². The van der Waals surface area contributed by atoms with Crippen molar-refractivity contribution < 1.29 is 0 Å². The molecule has 0 aromatic carbocycles. The van der Waals surface area contributed by atoms with Crippen LogP contribution in [0.3, 0.4) is 0 Å². The van der Waals surface area contributed by atoms with Crippen LogP contribution < -0.4 is 0 Å². The fourth-order valence-corrected chi connectivity index (χ4v) is 6.80. The molecule has 0 spiro atoms. The van der Waals surface area contributed by atoms with Gasteiger partial charge in [-0.2, -0.15) is 0 Å². The van der Waals surface area contributed by atoms with Gasteiger partial charge < -0.3 is 0 Å². The molecule has 0 unspecified atom stereocenters. The summed E-state index contributed by atoms with van der Waals surface area (Å²) in [4.78, 5) is 0. The van der Waals surface area contributed by atoms with Crippen LogP contribution in [0.2, 0.25) is 0 Å². The molecular formula is C14H31P. The summed E-state index contributed by atoms with van der Waals surface area (Å²) in [5.74, 6) is 2.40. The van der Waals surface area contributed by atoms with Gasteiger partial charge >= 0.3 is 97.4 Å². The Morgan fingerprint density at radius 3 is 1.33 bits per heavy atom. The summed E-state index contributed by atoms with van der Waals surface area (Å²) in [5, 5.41) is 0. The molecule has 0 aromatic heterocycles. The second-order valence-electron chi connectivity index (χ2n) is 4.88. The SMILES string of the molecule is C=C[PH](CCCC)(CCCC)CCCC. The van der Waals surface area contributed by atoms with Crippen LogP contribution in [0.25, 0.3) is 0 Å². The maximum atomic E-state index is 4.15. The second kappa shape index (κ2) is 9.40. The molecule has 0 fully saturated rings. The molecule has 0 saturated heterocycles. The zero-order chi connectivity index (χ0) is 11.6. The van der Waals surface area contributed by atoms with Crippen LogP contribution in [0.15, 0.2) is 12.4 Å². The van der Waals surface area contributed by atoms with Gasteiger partial charge in [-0.05, 0) is 0 Å². The van der Waals surface area contributed by atoms with Gasteiger partial charge in [0.25, 0.3) is 0 Å². The molecule has 0 N–H and O–H groups in total. The summed E-state index contributed by atoms with van der Waals surface area (Å²) in [7, 11) is -1.07. The van der Waals surface area contributed by atoms with Crippen LogP contribution in [0.5, 0.6) is 0 Å². The molecule has 0 heterocycles. The Balaban J connectivity index is 4.23. The number of unbranched alkanes of at least 4 members (excludes halogenated alkanes) is 3. The van der Waals surface area contributed by atoms with Crippen molar-refractivity contribution in [1.29, 1.82) is 0 Å². The van der Waals surface area contributed by atoms with Gasteiger partial charge in [0, 0.05) is 0 Å². The fraction of sp³-hybridized carbons (Fsp3) is 0.857. The number of rotatable bonds is 10. The van der Waals surface area contributed by atoms with Crippen molar-refractivity contribution >= 4 is 7.26 Å². The Morgan fingerprint density at radius 2 is 1.13 bits per heavy atom. The van der Waals surface area contributed by atoms with Gasteiger partial charge in [0.05, 0.1) is 0 Å². The van der Waals surface area contributed by atoms with Gasteiger partial charge in [-0.1, -0.05) is 0 Å². The molecule has 0 aliphatic heterocycles. The summed E-state index contributed by atoms with van der Waals surface area (Å²) in [6, 6.07) is 0. The standard InChI is InChI=1S/C14H31P/c1-5-9-12-15(8-4,13-10-6-2)14-11-7-3/h8,15H,4-7,9-14H2,1-3H3. The first kappa shape index (κ1) is 15.2. The third-order valence-electron chi connectivity index (χ3n) is 3.52. The summed E-state index contributed by atoms with van der Waals surface area (Å²) >= 11 is 0. The molecule has 0 aromatic rings. The summed E-state index contributed by atoms with van der Waals surface area (Å²) in [5.41, 5.74) is 0.